The van der Waals surface area contributed by atoms with Crippen molar-refractivity contribution in [3.05, 3.63) is 24.3 Å². The van der Waals surface area contributed by atoms with Gasteiger partial charge in [-0.05, 0) is 44.6 Å². The number of anilines is 1. The molecule has 0 radical (unpaired) electrons. The second kappa shape index (κ2) is 9.42. The van der Waals surface area contributed by atoms with Crippen molar-refractivity contribution in [2.45, 2.75) is 39.7 Å². The summed E-state index contributed by atoms with van der Waals surface area (Å²) >= 11 is 0. The van der Waals surface area contributed by atoms with Gasteiger partial charge in [-0.3, -0.25) is 14.5 Å². The lowest BCUT2D eigenvalue weighted by atomic mass is 10.1. The molecule has 1 unspecified atom stereocenters. The lowest BCUT2D eigenvalue weighted by Gasteiger charge is -2.33. The second-order valence-electron chi connectivity index (χ2n) is 6.14. The topological polar surface area (TPSA) is 61.9 Å². The minimum Gasteiger partial charge on any atom is -0.478 e. The number of nitrogens with zero attached hydrogens (tertiary/aromatic N) is 2. The van der Waals surface area contributed by atoms with E-state index in [1.807, 2.05) is 31.2 Å². The number of carbonyl (C=O) groups is 2. The lowest BCUT2D eigenvalue weighted by Crippen LogP contribution is -2.49. The Balaban J connectivity index is 1.92. The van der Waals surface area contributed by atoms with Crippen LogP contribution in [-0.2, 0) is 9.59 Å². The SMILES string of the molecule is CCC1Oc2ccccc2N(CC(=O)NCCCN(CC)CC)C1=O. The van der Waals surface area contributed by atoms with E-state index in [0.717, 1.165) is 26.1 Å². The van der Waals surface area contributed by atoms with Gasteiger partial charge in [-0.2, -0.15) is 0 Å². The lowest BCUT2D eigenvalue weighted by molar-refractivity contribution is -0.129. The van der Waals surface area contributed by atoms with E-state index in [2.05, 4.69) is 24.1 Å². The van der Waals surface area contributed by atoms with Gasteiger partial charge in [-0.15, -0.1) is 0 Å². The highest BCUT2D eigenvalue weighted by molar-refractivity contribution is 6.03. The third kappa shape index (κ3) is 4.95. The molecule has 6 heteroatoms. The van der Waals surface area contributed by atoms with Gasteiger partial charge in [0.2, 0.25) is 5.91 Å². The van der Waals surface area contributed by atoms with Crippen LogP contribution in [0.1, 0.15) is 33.6 Å². The second-order valence-corrected chi connectivity index (χ2v) is 6.14. The average Bonchev–Trinajstić information content (AvgIpc) is 2.64. The Labute approximate surface area is 150 Å². The van der Waals surface area contributed by atoms with Gasteiger partial charge >= 0.3 is 0 Å². The van der Waals surface area contributed by atoms with Gasteiger partial charge < -0.3 is 15.0 Å². The summed E-state index contributed by atoms with van der Waals surface area (Å²) in [6, 6.07) is 7.36. The summed E-state index contributed by atoms with van der Waals surface area (Å²) < 4.78 is 5.73. The zero-order valence-electron chi connectivity index (χ0n) is 15.5. The molecule has 138 valence electrons. The quantitative estimate of drug-likeness (QED) is 0.695. The number of para-hydroxylation sites is 2. The predicted octanol–water partition coefficient (Wildman–Crippen LogP) is 2.04. The molecule has 0 spiro atoms. The summed E-state index contributed by atoms with van der Waals surface area (Å²) in [4.78, 5) is 28.7. The summed E-state index contributed by atoms with van der Waals surface area (Å²) in [7, 11) is 0. The highest BCUT2D eigenvalue weighted by Crippen LogP contribution is 2.34. The number of rotatable bonds is 9. The Hall–Kier alpha value is -2.08. The number of fused-ring (bicyclic) bond motifs is 1. The monoisotopic (exact) mass is 347 g/mol. The molecule has 1 aromatic rings. The van der Waals surface area contributed by atoms with Gasteiger partial charge in [0.15, 0.2) is 6.10 Å². The Morgan fingerprint density at radius 2 is 1.96 bits per heavy atom. The van der Waals surface area contributed by atoms with Crippen molar-refractivity contribution < 1.29 is 14.3 Å². The highest BCUT2D eigenvalue weighted by Gasteiger charge is 2.34. The zero-order valence-corrected chi connectivity index (χ0v) is 15.5. The molecular weight excluding hydrogens is 318 g/mol. The Kier molecular flexibility index (Phi) is 7.25. The minimum absolute atomic E-state index is 0.0287. The molecule has 0 aromatic heterocycles. The van der Waals surface area contributed by atoms with Crippen LogP contribution in [0.15, 0.2) is 24.3 Å². The third-order valence-electron chi connectivity index (χ3n) is 4.51. The summed E-state index contributed by atoms with van der Waals surface area (Å²) in [5.74, 6) is 0.363. The molecule has 0 saturated carbocycles. The standard InChI is InChI=1S/C19H29N3O3/c1-4-16-19(24)22(15-10-7-8-11-17(15)25-16)14-18(23)20-12-9-13-21(5-2)6-3/h7-8,10-11,16H,4-6,9,12-14H2,1-3H3,(H,20,23). The number of amides is 2. The number of benzene rings is 1. The van der Waals surface area contributed by atoms with Gasteiger partial charge in [0.25, 0.3) is 5.91 Å². The molecule has 1 aliphatic heterocycles. The third-order valence-corrected chi connectivity index (χ3v) is 4.51. The van der Waals surface area contributed by atoms with Crippen molar-refractivity contribution in [3.8, 4) is 5.75 Å². The number of hydrogen-bond acceptors (Lipinski definition) is 4. The molecule has 1 aliphatic rings. The molecular formula is C19H29N3O3. The molecule has 0 bridgehead atoms. The summed E-state index contributed by atoms with van der Waals surface area (Å²) in [5.41, 5.74) is 0.662. The molecule has 25 heavy (non-hydrogen) atoms. The first-order valence-electron chi connectivity index (χ1n) is 9.16. The van der Waals surface area contributed by atoms with Crippen molar-refractivity contribution in [2.75, 3.05) is 37.6 Å². The van der Waals surface area contributed by atoms with Crippen LogP contribution in [0.5, 0.6) is 5.75 Å². The maximum Gasteiger partial charge on any atom is 0.268 e. The Morgan fingerprint density at radius 3 is 2.64 bits per heavy atom. The van der Waals surface area contributed by atoms with Crippen molar-refractivity contribution in [3.63, 3.8) is 0 Å². The van der Waals surface area contributed by atoms with Crippen molar-refractivity contribution >= 4 is 17.5 Å². The van der Waals surface area contributed by atoms with Crippen LogP contribution in [0.25, 0.3) is 0 Å². The van der Waals surface area contributed by atoms with E-state index in [1.165, 1.54) is 4.90 Å². The van der Waals surface area contributed by atoms with Crippen LogP contribution < -0.4 is 15.0 Å². The van der Waals surface area contributed by atoms with Gasteiger partial charge in [-0.1, -0.05) is 32.9 Å². The van der Waals surface area contributed by atoms with Crippen LogP contribution in [0.3, 0.4) is 0 Å². The first-order chi connectivity index (χ1) is 12.1. The summed E-state index contributed by atoms with van der Waals surface area (Å²) in [6.45, 7) is 9.81. The number of nitrogens with one attached hydrogen (secondary N) is 1. The number of hydrogen-bond donors (Lipinski definition) is 1. The Bertz CT molecular complexity index is 587. The molecule has 2 amide bonds. The van der Waals surface area contributed by atoms with E-state index >= 15 is 0 Å². The molecule has 6 nitrogen and oxygen atoms in total. The van der Waals surface area contributed by atoms with Crippen LogP contribution in [0.4, 0.5) is 5.69 Å². The maximum absolute atomic E-state index is 12.6. The highest BCUT2D eigenvalue weighted by atomic mass is 16.5. The largest absolute Gasteiger partial charge is 0.478 e. The maximum atomic E-state index is 12.6. The predicted molar refractivity (Wildman–Crippen MR) is 98.9 cm³/mol. The van der Waals surface area contributed by atoms with E-state index in [1.54, 1.807) is 0 Å². The zero-order chi connectivity index (χ0) is 18.2. The molecule has 1 aromatic carbocycles. The van der Waals surface area contributed by atoms with E-state index < -0.39 is 6.10 Å². The number of ether oxygens (including phenoxy) is 1. The number of carbonyl (C=O) groups excluding carboxylic acids is 2. The fourth-order valence-corrected chi connectivity index (χ4v) is 2.97. The fourth-order valence-electron chi connectivity index (χ4n) is 2.97. The van der Waals surface area contributed by atoms with Crippen molar-refractivity contribution in [2.24, 2.45) is 0 Å². The Morgan fingerprint density at radius 1 is 1.24 bits per heavy atom. The van der Waals surface area contributed by atoms with Crippen LogP contribution in [0.2, 0.25) is 0 Å². The van der Waals surface area contributed by atoms with Gasteiger partial charge in [0, 0.05) is 6.54 Å². The fraction of sp³-hybridized carbons (Fsp3) is 0.579. The first-order valence-corrected chi connectivity index (χ1v) is 9.16. The molecule has 0 aliphatic carbocycles. The molecule has 1 N–H and O–H groups in total. The molecule has 0 saturated heterocycles. The normalized spacial score (nSPS) is 16.6. The smallest absolute Gasteiger partial charge is 0.268 e. The summed E-state index contributed by atoms with van der Waals surface area (Å²) in [5, 5.41) is 2.92. The van der Waals surface area contributed by atoms with Crippen LogP contribution >= 0.6 is 0 Å². The van der Waals surface area contributed by atoms with Gasteiger partial charge in [-0.25, -0.2) is 0 Å². The van der Waals surface area contributed by atoms with Gasteiger partial charge in [0.1, 0.15) is 12.3 Å². The molecule has 0 fully saturated rings. The molecule has 1 heterocycles. The first kappa shape index (κ1) is 19.2. The average molecular weight is 347 g/mol. The molecule has 2 rings (SSSR count). The molecule has 1 atom stereocenters. The minimum atomic E-state index is -0.523. The van der Waals surface area contributed by atoms with E-state index in [-0.39, 0.29) is 18.4 Å². The van der Waals surface area contributed by atoms with E-state index in [0.29, 0.717) is 24.4 Å². The van der Waals surface area contributed by atoms with Crippen LogP contribution in [0, 0.1) is 0 Å². The van der Waals surface area contributed by atoms with E-state index in [4.69, 9.17) is 4.74 Å². The van der Waals surface area contributed by atoms with E-state index in [9.17, 15) is 9.59 Å². The summed E-state index contributed by atoms with van der Waals surface area (Å²) in [6.07, 6.45) is 0.957. The van der Waals surface area contributed by atoms with Crippen LogP contribution in [-0.4, -0.2) is 55.5 Å². The van der Waals surface area contributed by atoms with Gasteiger partial charge in [0.05, 0.1) is 5.69 Å². The van der Waals surface area contributed by atoms with Crippen molar-refractivity contribution in [1.82, 2.24) is 10.2 Å². The van der Waals surface area contributed by atoms with Crippen molar-refractivity contribution in [1.29, 1.82) is 0 Å².